The van der Waals surface area contributed by atoms with Crippen LogP contribution in [0.1, 0.15) is 135 Å². The molecule has 2 aliphatic rings. The number of aliphatic carboxylic acids is 1. The second-order valence-electron chi connectivity index (χ2n) is 25.5. The molecule has 0 aliphatic carbocycles. The van der Waals surface area contributed by atoms with Crippen LogP contribution in [0.2, 0.25) is 0 Å². The number of ether oxygens (including phenoxy) is 3. The zero-order valence-corrected chi connectivity index (χ0v) is 59.0. The molecule has 13 atom stereocenters. The van der Waals surface area contributed by atoms with E-state index in [0.29, 0.717) is 44.2 Å². The number of nitrogens with zero attached hydrogens (tertiary/aromatic N) is 5. The number of methoxy groups -OCH3 is 2. The largest absolute Gasteiger partial charge is 0.481 e. The van der Waals surface area contributed by atoms with Crippen molar-refractivity contribution in [3.63, 3.8) is 0 Å². The molecule has 11 amide bonds. The molecule has 28 nitrogen and oxygen atoms in total. The fourth-order valence-corrected chi connectivity index (χ4v) is 12.6. The number of hydrogen-bond donors (Lipinski definition) is 8. The first kappa shape index (κ1) is 80.0. The third-order valence-electron chi connectivity index (χ3n) is 18.1. The van der Waals surface area contributed by atoms with Gasteiger partial charge in [0.15, 0.2) is 0 Å². The summed E-state index contributed by atoms with van der Waals surface area (Å²) in [6, 6.07) is 7.75. The third-order valence-corrected chi connectivity index (χ3v) is 18.9. The number of aromatic nitrogens is 1. The number of amides is 11. The summed E-state index contributed by atoms with van der Waals surface area (Å²) in [5, 5.41) is 38.9. The van der Waals surface area contributed by atoms with Gasteiger partial charge in [-0.15, -0.1) is 11.3 Å². The van der Waals surface area contributed by atoms with Gasteiger partial charge >= 0.3 is 12.1 Å². The SMILES string of the molecule is CC[C@H](C)[C@@H]([C@@H](CC(=O)N1CCC[C@H]1[C@H](OC)[C@@H](C)C(=O)N[C@@H](Cc1ccccc1)c1nccs1)OC)N(C)C(=O)[C@@H](NC(=O)[C@H](CO)N(C)C(=O)OCc1ccc(NC(=O)[C@H](CCC(=O)O)NC(=O)[C@H](C)NC(=O)[C@@H](CC(C)C)NC(=O)CCN2C(=O)C=CC2=O)cc1)[C@@H](C)CC. The number of hydrogen-bond acceptors (Lipinski definition) is 18. The molecule has 3 heterocycles. The lowest BCUT2D eigenvalue weighted by atomic mass is 9.89. The van der Waals surface area contributed by atoms with Gasteiger partial charge in [-0.3, -0.25) is 62.5 Å². The summed E-state index contributed by atoms with van der Waals surface area (Å²) >= 11 is 1.45. The fourth-order valence-electron chi connectivity index (χ4n) is 11.9. The van der Waals surface area contributed by atoms with E-state index in [1.165, 1.54) is 68.7 Å². The van der Waals surface area contributed by atoms with Gasteiger partial charge in [0.05, 0.1) is 49.3 Å². The Hall–Kier alpha value is -8.67. The minimum atomic E-state index is -1.52. The van der Waals surface area contributed by atoms with Crippen molar-refractivity contribution in [2.24, 2.45) is 23.7 Å². The van der Waals surface area contributed by atoms with E-state index >= 15 is 0 Å². The van der Waals surface area contributed by atoms with Crippen LogP contribution in [0.15, 0.2) is 78.3 Å². The van der Waals surface area contributed by atoms with Crippen molar-refractivity contribution in [2.75, 3.05) is 53.3 Å². The second-order valence-corrected chi connectivity index (χ2v) is 26.4. The van der Waals surface area contributed by atoms with Crippen molar-refractivity contribution in [1.29, 1.82) is 0 Å². The number of imide groups is 1. The standard InChI is InChI=1S/C69H99N11O17S/c1-13-41(5)59(68(93)78(10)60(42(6)14-2)53(95-11)37-57(85)79-32-18-21-51(79)61(96-12)43(7)62(88)75-50(67-70-31-34-98-67)36-45-19-16-15-17-20-45)76-66(92)52(38-81)77(9)69(94)97-39-46-22-24-47(25-23-46)72-64(90)48(26-29-58(86)87)74-63(89)44(8)71-65(91)49(35-40(3)4)73-54(82)30-33-80-55(83)27-28-56(80)84/h15-17,19-20,22-25,27-28,31,34,40-44,48-53,59-61,81H,13-14,18,21,26,29-30,32-33,35-39H2,1-12H3,(H,71,91)(H,72,90)(H,73,82)(H,74,89)(H,75,88)(H,76,92)(H,86,87)/t41-,42-,43+,44-,48-,49+,50-,51-,52-,53+,59-,60-,61+/m0/s1. The maximum Gasteiger partial charge on any atom is 0.410 e. The average Bonchev–Trinajstić information content (AvgIpc) is 1.42. The van der Waals surface area contributed by atoms with E-state index in [4.69, 9.17) is 14.2 Å². The molecule has 1 saturated heterocycles. The van der Waals surface area contributed by atoms with Crippen molar-refractivity contribution in [1.82, 2.24) is 51.2 Å². The predicted octanol–water partition coefficient (Wildman–Crippen LogP) is 4.26. The van der Waals surface area contributed by atoms with Gasteiger partial charge in [0.1, 0.15) is 41.8 Å². The first-order valence-electron chi connectivity index (χ1n) is 33.3. The molecule has 538 valence electrons. The normalized spacial score (nSPS) is 17.3. The number of carbonyl (C=O) groups is 12. The number of anilines is 1. The summed E-state index contributed by atoms with van der Waals surface area (Å²) < 4.78 is 17.7. The number of rotatable bonds is 39. The van der Waals surface area contributed by atoms with Gasteiger partial charge in [0.2, 0.25) is 47.3 Å². The van der Waals surface area contributed by atoms with E-state index in [1.807, 2.05) is 56.5 Å². The van der Waals surface area contributed by atoms with Crippen molar-refractivity contribution in [3.05, 3.63) is 94.5 Å². The average molecular weight is 1390 g/mol. The highest BCUT2D eigenvalue weighted by Crippen LogP contribution is 2.31. The number of likely N-dealkylation sites (N-methyl/N-ethyl adjacent to an activating group) is 2. The Morgan fingerprint density at radius 3 is 1.98 bits per heavy atom. The molecule has 1 aromatic heterocycles. The number of carbonyl (C=O) groups excluding carboxylic acids is 11. The molecule has 98 heavy (non-hydrogen) atoms. The Balaban J connectivity index is 1.17. The maximum atomic E-state index is 14.9. The number of nitrogens with one attached hydrogen (secondary N) is 6. The van der Waals surface area contributed by atoms with Crippen molar-refractivity contribution in [3.8, 4) is 0 Å². The number of carboxylic acids is 1. The number of benzene rings is 2. The predicted molar refractivity (Wildman–Crippen MR) is 363 cm³/mol. The third kappa shape index (κ3) is 23.0. The summed E-state index contributed by atoms with van der Waals surface area (Å²) in [5.41, 5.74) is 1.65. The quantitative estimate of drug-likeness (QED) is 0.0370. The molecular formula is C69H99N11O17S. The molecule has 0 bridgehead atoms. The van der Waals surface area contributed by atoms with Crippen LogP contribution in [0.3, 0.4) is 0 Å². The molecule has 5 rings (SSSR count). The van der Waals surface area contributed by atoms with Gasteiger partial charge in [-0.25, -0.2) is 9.78 Å². The molecule has 2 aromatic carbocycles. The molecule has 29 heteroatoms. The summed E-state index contributed by atoms with van der Waals surface area (Å²) in [5.74, 6) is -8.65. The lowest BCUT2D eigenvalue weighted by Gasteiger charge is -2.41. The van der Waals surface area contributed by atoms with Crippen molar-refractivity contribution in [2.45, 2.75) is 187 Å². The van der Waals surface area contributed by atoms with Crippen LogP contribution in [-0.4, -0.2) is 208 Å². The lowest BCUT2D eigenvalue weighted by molar-refractivity contribution is -0.148. The monoisotopic (exact) mass is 1390 g/mol. The number of likely N-dealkylation sites (tertiary alicyclic amines) is 1. The highest BCUT2D eigenvalue weighted by Gasteiger charge is 2.44. The van der Waals surface area contributed by atoms with Crippen LogP contribution in [0.4, 0.5) is 10.5 Å². The summed E-state index contributed by atoms with van der Waals surface area (Å²) in [7, 11) is 5.86. The molecule has 0 spiro atoms. The summed E-state index contributed by atoms with van der Waals surface area (Å²) in [4.78, 5) is 170. The van der Waals surface area contributed by atoms with Crippen LogP contribution in [0.5, 0.6) is 0 Å². The molecule has 0 unspecified atom stereocenters. The molecule has 3 aromatic rings. The Labute approximate surface area is 577 Å². The van der Waals surface area contributed by atoms with Gasteiger partial charge < -0.3 is 66.1 Å². The lowest BCUT2D eigenvalue weighted by Crippen LogP contribution is -2.60. The zero-order valence-electron chi connectivity index (χ0n) is 58.2. The number of thiazole rings is 1. The fraction of sp³-hybridized carbons (Fsp3) is 0.580. The molecular weight excluding hydrogens is 1290 g/mol. The van der Waals surface area contributed by atoms with E-state index in [9.17, 15) is 67.7 Å². The first-order valence-corrected chi connectivity index (χ1v) is 34.2. The van der Waals surface area contributed by atoms with Crippen molar-refractivity contribution >= 4 is 88.2 Å². The van der Waals surface area contributed by atoms with Gasteiger partial charge in [-0.1, -0.05) is 104 Å². The summed E-state index contributed by atoms with van der Waals surface area (Å²) in [6.07, 6.45) is 3.10. The highest BCUT2D eigenvalue weighted by molar-refractivity contribution is 7.09. The van der Waals surface area contributed by atoms with Crippen LogP contribution in [-0.2, 0) is 80.0 Å². The van der Waals surface area contributed by atoms with E-state index < -0.39 is 139 Å². The number of aliphatic hydroxyl groups excluding tert-OH is 1. The van der Waals surface area contributed by atoms with Gasteiger partial charge in [0.25, 0.3) is 11.8 Å². The van der Waals surface area contributed by atoms with Crippen LogP contribution in [0.25, 0.3) is 0 Å². The minimum Gasteiger partial charge on any atom is -0.481 e. The number of carboxylic acid groups (broad SMARTS) is 1. The van der Waals surface area contributed by atoms with Crippen LogP contribution < -0.4 is 31.9 Å². The molecule has 1 fully saturated rings. The van der Waals surface area contributed by atoms with E-state index in [2.05, 4.69) is 36.9 Å². The minimum absolute atomic E-state index is 0.0998. The zero-order chi connectivity index (χ0) is 72.5. The van der Waals surface area contributed by atoms with Crippen LogP contribution in [0, 0.1) is 23.7 Å². The number of aliphatic hydroxyl groups is 1. The smallest absolute Gasteiger partial charge is 0.410 e. The molecule has 0 saturated carbocycles. The Morgan fingerprint density at radius 2 is 1.40 bits per heavy atom. The van der Waals surface area contributed by atoms with Gasteiger partial charge in [-0.05, 0) is 80.0 Å². The van der Waals surface area contributed by atoms with E-state index in [-0.39, 0.29) is 74.2 Å². The molecule has 8 N–H and O–H groups in total. The topological polar surface area (TPSA) is 371 Å². The first-order chi connectivity index (χ1) is 46.6. The summed E-state index contributed by atoms with van der Waals surface area (Å²) in [6.45, 7) is 13.3. The van der Waals surface area contributed by atoms with Crippen molar-refractivity contribution < 1.29 is 82.0 Å². The second kappa shape index (κ2) is 39.1. The highest BCUT2D eigenvalue weighted by atomic mass is 32.1. The maximum absolute atomic E-state index is 14.9. The van der Waals surface area contributed by atoms with E-state index in [0.717, 1.165) is 32.5 Å². The Bertz CT molecular complexity index is 3210. The Morgan fingerprint density at radius 1 is 0.735 bits per heavy atom. The van der Waals surface area contributed by atoms with Crippen LogP contribution >= 0.6 is 11.3 Å². The van der Waals surface area contributed by atoms with E-state index in [1.54, 1.807) is 45.8 Å². The molecule has 0 radical (unpaired) electrons. The Kier molecular flexibility index (Phi) is 31.9. The van der Waals surface area contributed by atoms with Gasteiger partial charge in [-0.2, -0.15) is 0 Å². The van der Waals surface area contributed by atoms with Gasteiger partial charge in [0, 0.05) is 83.7 Å². The molecule has 2 aliphatic heterocycles.